The van der Waals surface area contributed by atoms with Gasteiger partial charge in [-0.05, 0) is 31.9 Å². The Balaban J connectivity index is 1.96. The van der Waals surface area contributed by atoms with Gasteiger partial charge in [-0.1, -0.05) is 6.42 Å². The van der Waals surface area contributed by atoms with Gasteiger partial charge in [-0.15, -0.1) is 0 Å². The monoisotopic (exact) mass is 221 g/mol. The molecule has 2 unspecified atom stereocenters. The van der Waals surface area contributed by atoms with Crippen molar-refractivity contribution in [2.45, 2.75) is 37.3 Å². The van der Waals surface area contributed by atoms with Gasteiger partial charge in [-0.25, -0.2) is 0 Å². The molecule has 88 valence electrons. The molecule has 1 N–H and O–H groups in total. The maximum atomic E-state index is 10.9. The third-order valence-electron chi connectivity index (χ3n) is 4.21. The normalized spacial score (nSPS) is 35.2. The molecular formula is C12H19N3O. The van der Waals surface area contributed by atoms with Gasteiger partial charge >= 0.3 is 0 Å². The van der Waals surface area contributed by atoms with Crippen LogP contribution in [-0.4, -0.2) is 38.9 Å². The highest BCUT2D eigenvalue weighted by Crippen LogP contribution is 2.41. The van der Waals surface area contributed by atoms with Crippen LogP contribution in [0.1, 0.15) is 31.4 Å². The van der Waals surface area contributed by atoms with E-state index in [2.05, 4.69) is 10.00 Å². The molecule has 0 bridgehead atoms. The van der Waals surface area contributed by atoms with Crippen molar-refractivity contribution < 1.29 is 5.11 Å². The largest absolute Gasteiger partial charge is 0.382 e. The Kier molecular flexibility index (Phi) is 2.30. The van der Waals surface area contributed by atoms with Crippen LogP contribution in [-0.2, 0) is 12.6 Å². The molecular weight excluding hydrogens is 202 g/mol. The topological polar surface area (TPSA) is 41.3 Å². The van der Waals surface area contributed by atoms with Gasteiger partial charge in [-0.3, -0.25) is 9.58 Å². The molecule has 0 aromatic carbocycles. The number of nitrogens with zero attached hydrogens (tertiary/aromatic N) is 3. The molecule has 0 amide bonds. The maximum Gasteiger partial charge on any atom is 0.123 e. The summed E-state index contributed by atoms with van der Waals surface area (Å²) in [6.07, 6.45) is 6.25. The molecule has 1 aromatic heterocycles. The van der Waals surface area contributed by atoms with Crippen molar-refractivity contribution >= 4 is 0 Å². The zero-order chi connectivity index (χ0) is 11.2. The molecule has 0 spiro atoms. The van der Waals surface area contributed by atoms with Crippen molar-refractivity contribution in [3.63, 3.8) is 0 Å². The number of aliphatic hydroxyl groups is 1. The van der Waals surface area contributed by atoms with Gasteiger partial charge in [0.15, 0.2) is 0 Å². The highest BCUT2D eigenvalue weighted by molar-refractivity contribution is 5.19. The predicted molar refractivity (Wildman–Crippen MR) is 60.9 cm³/mol. The second-order valence-corrected chi connectivity index (χ2v) is 5.06. The van der Waals surface area contributed by atoms with Crippen molar-refractivity contribution in [3.05, 3.63) is 18.0 Å². The van der Waals surface area contributed by atoms with Crippen LogP contribution in [0.5, 0.6) is 0 Å². The van der Waals surface area contributed by atoms with Gasteiger partial charge < -0.3 is 5.11 Å². The molecule has 4 heteroatoms. The van der Waals surface area contributed by atoms with Crippen LogP contribution >= 0.6 is 0 Å². The zero-order valence-corrected chi connectivity index (χ0v) is 9.76. The van der Waals surface area contributed by atoms with E-state index >= 15 is 0 Å². The number of hydrogen-bond donors (Lipinski definition) is 1. The molecule has 2 saturated heterocycles. The number of rotatable bonds is 1. The summed E-state index contributed by atoms with van der Waals surface area (Å²) in [6, 6.07) is 2.26. The number of aryl methyl sites for hydroxylation is 1. The Bertz CT molecular complexity index is 389. The van der Waals surface area contributed by atoms with E-state index in [9.17, 15) is 5.11 Å². The summed E-state index contributed by atoms with van der Waals surface area (Å²) in [7, 11) is 1.92. The highest BCUT2D eigenvalue weighted by atomic mass is 16.3. The number of fused-ring (bicyclic) bond motifs is 1. The highest BCUT2D eigenvalue weighted by Gasteiger charge is 2.49. The summed E-state index contributed by atoms with van der Waals surface area (Å²) >= 11 is 0. The summed E-state index contributed by atoms with van der Waals surface area (Å²) < 4.78 is 1.82. The first kappa shape index (κ1) is 10.3. The lowest BCUT2D eigenvalue weighted by atomic mass is 9.86. The van der Waals surface area contributed by atoms with E-state index in [4.69, 9.17) is 0 Å². The molecule has 2 fully saturated rings. The van der Waals surface area contributed by atoms with E-state index in [1.54, 1.807) is 6.20 Å². The Labute approximate surface area is 95.9 Å². The van der Waals surface area contributed by atoms with Gasteiger partial charge in [0.05, 0.1) is 5.69 Å². The molecule has 4 nitrogen and oxygen atoms in total. The van der Waals surface area contributed by atoms with E-state index in [-0.39, 0.29) is 0 Å². The van der Waals surface area contributed by atoms with Crippen molar-refractivity contribution in [2.75, 3.05) is 13.1 Å². The minimum atomic E-state index is -0.675. The lowest BCUT2D eigenvalue weighted by Gasteiger charge is -2.37. The summed E-state index contributed by atoms with van der Waals surface area (Å²) in [4.78, 5) is 2.44. The van der Waals surface area contributed by atoms with E-state index in [1.807, 2.05) is 17.8 Å². The lowest BCUT2D eigenvalue weighted by molar-refractivity contribution is -0.0201. The fraction of sp³-hybridized carbons (Fsp3) is 0.750. The molecule has 2 atom stereocenters. The molecule has 0 radical (unpaired) electrons. The first-order valence-electron chi connectivity index (χ1n) is 6.17. The smallest absolute Gasteiger partial charge is 0.123 e. The average Bonchev–Trinajstić information content (AvgIpc) is 2.86. The van der Waals surface area contributed by atoms with Crippen LogP contribution in [0.15, 0.2) is 12.3 Å². The van der Waals surface area contributed by atoms with Crippen molar-refractivity contribution in [3.8, 4) is 0 Å². The summed E-state index contributed by atoms with van der Waals surface area (Å²) in [5, 5.41) is 15.1. The second-order valence-electron chi connectivity index (χ2n) is 5.06. The fourth-order valence-electron chi connectivity index (χ4n) is 3.38. The molecule has 0 saturated carbocycles. The van der Waals surface area contributed by atoms with Gasteiger partial charge in [0.25, 0.3) is 0 Å². The summed E-state index contributed by atoms with van der Waals surface area (Å²) in [5.41, 5.74) is 0.299. The van der Waals surface area contributed by atoms with Crippen LogP contribution < -0.4 is 0 Å². The molecule has 1 aromatic rings. The third kappa shape index (κ3) is 1.33. The zero-order valence-electron chi connectivity index (χ0n) is 9.76. The first-order chi connectivity index (χ1) is 7.72. The standard InChI is InChI=1S/C12H19N3O/c1-14-10(5-7-13-14)12(16)6-9-15-8-3-2-4-11(12)15/h5,7,11,16H,2-4,6,8-9H2,1H3. The molecule has 0 aliphatic carbocycles. The van der Waals surface area contributed by atoms with E-state index in [0.717, 1.165) is 31.6 Å². The molecule has 2 aliphatic heterocycles. The Hall–Kier alpha value is -0.870. The summed E-state index contributed by atoms with van der Waals surface area (Å²) in [6.45, 7) is 2.16. The summed E-state index contributed by atoms with van der Waals surface area (Å²) in [5.74, 6) is 0. The van der Waals surface area contributed by atoms with E-state index in [0.29, 0.717) is 6.04 Å². The first-order valence-corrected chi connectivity index (χ1v) is 6.17. The average molecular weight is 221 g/mol. The third-order valence-corrected chi connectivity index (χ3v) is 4.21. The SMILES string of the molecule is Cn1nccc1C1(O)CCN2CCCCC21. The minimum Gasteiger partial charge on any atom is -0.382 e. The van der Waals surface area contributed by atoms with Crippen LogP contribution in [0.25, 0.3) is 0 Å². The van der Waals surface area contributed by atoms with Crippen molar-refractivity contribution in [1.82, 2.24) is 14.7 Å². The number of hydrogen-bond acceptors (Lipinski definition) is 3. The fourth-order valence-corrected chi connectivity index (χ4v) is 3.38. The molecule has 3 heterocycles. The quantitative estimate of drug-likeness (QED) is 0.765. The number of aromatic nitrogens is 2. The van der Waals surface area contributed by atoms with Crippen LogP contribution in [0.4, 0.5) is 0 Å². The van der Waals surface area contributed by atoms with E-state index < -0.39 is 5.60 Å². The molecule has 3 rings (SSSR count). The van der Waals surface area contributed by atoms with Crippen LogP contribution in [0.2, 0.25) is 0 Å². The predicted octanol–water partition coefficient (Wildman–Crippen LogP) is 0.866. The van der Waals surface area contributed by atoms with Crippen LogP contribution in [0, 0.1) is 0 Å². The minimum absolute atomic E-state index is 0.302. The van der Waals surface area contributed by atoms with Gasteiger partial charge in [0.2, 0.25) is 0 Å². The lowest BCUT2D eigenvalue weighted by Crippen LogP contribution is -2.46. The van der Waals surface area contributed by atoms with Gasteiger partial charge in [0, 0.05) is 25.8 Å². The van der Waals surface area contributed by atoms with Gasteiger partial charge in [-0.2, -0.15) is 5.10 Å². The Morgan fingerprint density at radius 1 is 1.44 bits per heavy atom. The molecule has 16 heavy (non-hydrogen) atoms. The second kappa shape index (κ2) is 3.57. The van der Waals surface area contributed by atoms with Crippen molar-refractivity contribution in [1.29, 1.82) is 0 Å². The Morgan fingerprint density at radius 3 is 3.06 bits per heavy atom. The van der Waals surface area contributed by atoms with E-state index in [1.165, 1.54) is 12.8 Å². The molecule has 2 aliphatic rings. The Morgan fingerprint density at radius 2 is 2.31 bits per heavy atom. The van der Waals surface area contributed by atoms with Crippen LogP contribution in [0.3, 0.4) is 0 Å². The number of piperidine rings is 1. The van der Waals surface area contributed by atoms with Gasteiger partial charge in [0.1, 0.15) is 5.60 Å². The maximum absolute atomic E-state index is 10.9. The van der Waals surface area contributed by atoms with Crippen molar-refractivity contribution in [2.24, 2.45) is 7.05 Å².